The molecule has 10 heteroatoms. The Hall–Kier alpha value is -3.40. The molecule has 26 heavy (non-hydrogen) atoms. The number of thioether (sulfide) groups is 1. The molecule has 0 saturated heterocycles. The number of aromatic nitrogens is 4. The topological polar surface area (TPSA) is 125 Å². The predicted octanol–water partition coefficient (Wildman–Crippen LogP) is 3.17. The minimum absolute atomic E-state index is 0.0802. The van der Waals surface area contributed by atoms with Crippen molar-refractivity contribution in [1.29, 1.82) is 0 Å². The SMILES string of the molecule is Nc1nc(SCc2ccccc2[N+](=O)[O-])cc2nc(-c3ccco3)nn12. The predicted molar refractivity (Wildman–Crippen MR) is 95.6 cm³/mol. The number of nitro groups is 1. The summed E-state index contributed by atoms with van der Waals surface area (Å²) in [5.41, 5.74) is 7.18. The molecule has 0 amide bonds. The van der Waals surface area contributed by atoms with Crippen LogP contribution in [0.3, 0.4) is 0 Å². The summed E-state index contributed by atoms with van der Waals surface area (Å²) in [5, 5.41) is 16.0. The first kappa shape index (κ1) is 16.1. The summed E-state index contributed by atoms with van der Waals surface area (Å²) < 4.78 is 6.72. The van der Waals surface area contributed by atoms with E-state index in [0.717, 1.165) is 0 Å². The fourth-order valence-electron chi connectivity index (χ4n) is 2.44. The summed E-state index contributed by atoms with van der Waals surface area (Å²) in [6.07, 6.45) is 1.54. The minimum atomic E-state index is -0.394. The molecule has 0 spiro atoms. The molecule has 3 aromatic heterocycles. The van der Waals surface area contributed by atoms with E-state index in [9.17, 15) is 10.1 Å². The number of furan rings is 1. The van der Waals surface area contributed by atoms with Gasteiger partial charge in [0.05, 0.1) is 11.2 Å². The lowest BCUT2D eigenvalue weighted by Crippen LogP contribution is -2.02. The summed E-state index contributed by atoms with van der Waals surface area (Å²) in [7, 11) is 0. The number of nitrogen functional groups attached to an aromatic ring is 1. The van der Waals surface area contributed by atoms with Crippen molar-refractivity contribution in [1.82, 2.24) is 19.6 Å². The van der Waals surface area contributed by atoms with Gasteiger partial charge in [0.15, 0.2) is 11.4 Å². The van der Waals surface area contributed by atoms with Crippen LogP contribution in [0.15, 0.2) is 58.2 Å². The Morgan fingerprint density at radius 2 is 2.08 bits per heavy atom. The van der Waals surface area contributed by atoms with Crippen molar-refractivity contribution in [3.63, 3.8) is 0 Å². The second kappa shape index (κ2) is 6.48. The zero-order valence-corrected chi connectivity index (χ0v) is 14.1. The maximum atomic E-state index is 11.1. The van der Waals surface area contributed by atoms with E-state index in [1.165, 1.54) is 28.6 Å². The molecular formula is C16H12N6O3S. The van der Waals surface area contributed by atoms with Crippen LogP contribution in [0.4, 0.5) is 11.6 Å². The first-order chi connectivity index (χ1) is 12.6. The van der Waals surface area contributed by atoms with Crippen LogP contribution in [-0.4, -0.2) is 24.5 Å². The maximum absolute atomic E-state index is 11.1. The zero-order chi connectivity index (χ0) is 18.1. The monoisotopic (exact) mass is 368 g/mol. The Kier molecular flexibility index (Phi) is 4.01. The van der Waals surface area contributed by atoms with E-state index in [-0.39, 0.29) is 11.6 Å². The lowest BCUT2D eigenvalue weighted by atomic mass is 10.2. The van der Waals surface area contributed by atoms with Gasteiger partial charge >= 0.3 is 0 Å². The van der Waals surface area contributed by atoms with Crippen molar-refractivity contribution in [2.75, 3.05) is 5.73 Å². The summed E-state index contributed by atoms with van der Waals surface area (Å²) in [5.74, 6) is 1.50. The van der Waals surface area contributed by atoms with Gasteiger partial charge in [0.25, 0.3) is 5.69 Å². The standard InChI is InChI=1S/C16H12N6O3S/c17-16-19-14(26-9-10-4-1-2-5-11(10)22(23)24)8-13-18-15(20-21(13)16)12-6-3-7-25-12/h1-8H,9H2,(H2,17,19). The highest BCUT2D eigenvalue weighted by atomic mass is 32.2. The number of rotatable bonds is 5. The molecule has 3 heterocycles. The molecule has 0 unspecified atom stereocenters. The first-order valence-electron chi connectivity index (χ1n) is 7.54. The summed E-state index contributed by atoms with van der Waals surface area (Å²) in [6.45, 7) is 0. The van der Waals surface area contributed by atoms with Crippen LogP contribution in [0.1, 0.15) is 5.56 Å². The Morgan fingerprint density at radius 3 is 2.85 bits per heavy atom. The molecule has 4 aromatic rings. The molecule has 0 atom stereocenters. The second-order valence-corrected chi connectivity index (χ2v) is 6.31. The van der Waals surface area contributed by atoms with E-state index >= 15 is 0 Å². The van der Waals surface area contributed by atoms with Crippen LogP contribution in [0.5, 0.6) is 0 Å². The number of hydrogen-bond donors (Lipinski definition) is 1. The third-order valence-electron chi connectivity index (χ3n) is 3.63. The van der Waals surface area contributed by atoms with Gasteiger partial charge in [-0.15, -0.1) is 16.9 Å². The minimum Gasteiger partial charge on any atom is -0.461 e. The van der Waals surface area contributed by atoms with E-state index in [2.05, 4.69) is 15.1 Å². The normalized spacial score (nSPS) is 11.1. The molecule has 0 bridgehead atoms. The average Bonchev–Trinajstić information content (AvgIpc) is 3.29. The van der Waals surface area contributed by atoms with Crippen molar-refractivity contribution in [2.24, 2.45) is 0 Å². The molecular weight excluding hydrogens is 356 g/mol. The average molecular weight is 368 g/mol. The maximum Gasteiger partial charge on any atom is 0.273 e. The summed E-state index contributed by atoms with van der Waals surface area (Å²) >= 11 is 1.34. The van der Waals surface area contributed by atoms with Crippen LogP contribution < -0.4 is 5.73 Å². The largest absolute Gasteiger partial charge is 0.461 e. The molecule has 0 fully saturated rings. The van der Waals surface area contributed by atoms with Crippen LogP contribution >= 0.6 is 11.8 Å². The fraction of sp³-hybridized carbons (Fsp3) is 0.0625. The van der Waals surface area contributed by atoms with Crippen molar-refractivity contribution in [3.8, 4) is 11.6 Å². The Bertz CT molecular complexity index is 1090. The van der Waals surface area contributed by atoms with Crippen LogP contribution in [-0.2, 0) is 5.75 Å². The lowest BCUT2D eigenvalue weighted by Gasteiger charge is -2.04. The van der Waals surface area contributed by atoms with Gasteiger partial charge in [-0.05, 0) is 12.1 Å². The smallest absolute Gasteiger partial charge is 0.273 e. The molecule has 0 radical (unpaired) electrons. The number of para-hydroxylation sites is 1. The van der Waals surface area contributed by atoms with Crippen molar-refractivity contribution in [2.45, 2.75) is 10.8 Å². The van der Waals surface area contributed by atoms with Crippen molar-refractivity contribution in [3.05, 3.63) is 64.4 Å². The molecule has 2 N–H and O–H groups in total. The second-order valence-electron chi connectivity index (χ2n) is 5.31. The van der Waals surface area contributed by atoms with Crippen LogP contribution in [0.25, 0.3) is 17.2 Å². The number of fused-ring (bicyclic) bond motifs is 1. The molecule has 4 rings (SSSR count). The number of nitro benzene ring substituents is 1. The summed E-state index contributed by atoms with van der Waals surface area (Å²) in [4.78, 5) is 19.4. The Balaban J connectivity index is 1.63. The number of nitrogens with zero attached hydrogens (tertiary/aromatic N) is 5. The fourth-order valence-corrected chi connectivity index (χ4v) is 3.33. The summed E-state index contributed by atoms with van der Waals surface area (Å²) in [6, 6.07) is 11.8. The van der Waals surface area contributed by atoms with Gasteiger partial charge in [0, 0.05) is 23.4 Å². The molecule has 0 saturated carbocycles. The van der Waals surface area contributed by atoms with Gasteiger partial charge in [-0.1, -0.05) is 18.2 Å². The van der Waals surface area contributed by atoms with E-state index in [1.54, 1.807) is 36.4 Å². The Labute approximate surface area is 151 Å². The number of anilines is 1. The number of benzene rings is 1. The highest BCUT2D eigenvalue weighted by Gasteiger charge is 2.15. The van der Waals surface area contributed by atoms with Crippen LogP contribution in [0.2, 0.25) is 0 Å². The molecule has 0 aliphatic carbocycles. The van der Waals surface area contributed by atoms with E-state index in [0.29, 0.717) is 33.6 Å². The third-order valence-corrected chi connectivity index (χ3v) is 4.59. The van der Waals surface area contributed by atoms with Crippen LogP contribution in [0, 0.1) is 10.1 Å². The molecule has 0 aliphatic rings. The highest BCUT2D eigenvalue weighted by Crippen LogP contribution is 2.28. The molecule has 130 valence electrons. The number of nitrogens with two attached hydrogens (primary N) is 1. The van der Waals surface area contributed by atoms with Gasteiger partial charge in [0.2, 0.25) is 11.8 Å². The molecule has 0 aliphatic heterocycles. The van der Waals surface area contributed by atoms with E-state index < -0.39 is 4.92 Å². The highest BCUT2D eigenvalue weighted by molar-refractivity contribution is 7.98. The molecule has 9 nitrogen and oxygen atoms in total. The van der Waals surface area contributed by atoms with Gasteiger partial charge in [-0.25, -0.2) is 9.97 Å². The quantitative estimate of drug-likeness (QED) is 0.246. The van der Waals surface area contributed by atoms with Crippen molar-refractivity contribution >= 4 is 29.0 Å². The first-order valence-corrected chi connectivity index (χ1v) is 8.52. The molecule has 1 aromatic carbocycles. The number of hydrogen-bond acceptors (Lipinski definition) is 8. The van der Waals surface area contributed by atoms with Crippen molar-refractivity contribution < 1.29 is 9.34 Å². The van der Waals surface area contributed by atoms with Gasteiger partial charge in [-0.3, -0.25) is 10.1 Å². The Morgan fingerprint density at radius 1 is 1.23 bits per heavy atom. The zero-order valence-electron chi connectivity index (χ0n) is 13.3. The van der Waals surface area contributed by atoms with E-state index in [4.69, 9.17) is 10.2 Å². The lowest BCUT2D eigenvalue weighted by molar-refractivity contribution is -0.385. The third kappa shape index (κ3) is 2.97. The van der Waals surface area contributed by atoms with Gasteiger partial charge in [-0.2, -0.15) is 4.52 Å². The van der Waals surface area contributed by atoms with Gasteiger partial charge in [0.1, 0.15) is 5.03 Å². The van der Waals surface area contributed by atoms with E-state index in [1.807, 2.05) is 0 Å². The van der Waals surface area contributed by atoms with Gasteiger partial charge < -0.3 is 10.2 Å².